The van der Waals surface area contributed by atoms with Gasteiger partial charge in [-0.2, -0.15) is 0 Å². The van der Waals surface area contributed by atoms with Crippen LogP contribution in [0.1, 0.15) is 30.7 Å². The molecule has 0 saturated carbocycles. The summed E-state index contributed by atoms with van der Waals surface area (Å²) in [6.07, 6.45) is 1.57. The second kappa shape index (κ2) is 6.89. The first kappa shape index (κ1) is 15.8. The molecule has 0 unspecified atom stereocenters. The number of H-pyrrole nitrogens is 2. The summed E-state index contributed by atoms with van der Waals surface area (Å²) in [6, 6.07) is 7.14. The Morgan fingerprint density at radius 3 is 2.27 bits per heavy atom. The summed E-state index contributed by atoms with van der Waals surface area (Å²) in [6.45, 7) is 4.05. The molecule has 0 aliphatic rings. The van der Waals surface area contributed by atoms with E-state index in [1.54, 1.807) is 0 Å². The number of nitrogens with one attached hydrogen (secondary N) is 3. The summed E-state index contributed by atoms with van der Waals surface area (Å²) in [5.41, 5.74) is 2.11. The number of para-hydroxylation sites is 1. The highest BCUT2D eigenvalue weighted by molar-refractivity contribution is 5.93. The molecule has 2 rings (SSSR count). The molecule has 0 bridgehead atoms. The molecule has 116 valence electrons. The van der Waals surface area contributed by atoms with Crippen molar-refractivity contribution < 1.29 is 4.79 Å². The lowest BCUT2D eigenvalue weighted by Crippen LogP contribution is -2.25. The Kier molecular flexibility index (Phi) is 4.93. The number of hydrogen-bond acceptors (Lipinski definition) is 3. The SMILES string of the molecule is CCc1cccc(CC)c1NC(=O)Cc1cc(=O)[nH]c(=O)[nH]1. The predicted molar refractivity (Wildman–Crippen MR) is 85.2 cm³/mol. The third-order valence-electron chi connectivity index (χ3n) is 3.43. The van der Waals surface area contributed by atoms with E-state index in [0.29, 0.717) is 5.69 Å². The third kappa shape index (κ3) is 3.72. The molecule has 1 aromatic carbocycles. The van der Waals surface area contributed by atoms with Gasteiger partial charge in [0.1, 0.15) is 0 Å². The lowest BCUT2D eigenvalue weighted by Gasteiger charge is -2.14. The number of anilines is 1. The van der Waals surface area contributed by atoms with Crippen LogP contribution in [0, 0.1) is 0 Å². The van der Waals surface area contributed by atoms with E-state index in [1.165, 1.54) is 6.07 Å². The summed E-state index contributed by atoms with van der Waals surface area (Å²) in [5.74, 6) is -0.267. The van der Waals surface area contributed by atoms with Gasteiger partial charge in [0.05, 0.1) is 6.42 Å². The van der Waals surface area contributed by atoms with E-state index >= 15 is 0 Å². The van der Waals surface area contributed by atoms with E-state index in [9.17, 15) is 14.4 Å². The molecule has 0 aliphatic carbocycles. The minimum absolute atomic E-state index is 0.0552. The van der Waals surface area contributed by atoms with Crippen LogP contribution in [0.3, 0.4) is 0 Å². The summed E-state index contributed by atoms with van der Waals surface area (Å²) < 4.78 is 0. The van der Waals surface area contributed by atoms with Crippen molar-refractivity contribution >= 4 is 11.6 Å². The first-order valence-corrected chi connectivity index (χ1v) is 7.26. The number of aryl methyl sites for hydroxylation is 2. The highest BCUT2D eigenvalue weighted by Crippen LogP contribution is 2.22. The van der Waals surface area contributed by atoms with Gasteiger partial charge < -0.3 is 10.3 Å². The molecule has 22 heavy (non-hydrogen) atoms. The van der Waals surface area contributed by atoms with Gasteiger partial charge in [0, 0.05) is 17.4 Å². The monoisotopic (exact) mass is 301 g/mol. The summed E-state index contributed by atoms with van der Waals surface area (Å²) in [7, 11) is 0. The number of amides is 1. The number of carbonyl (C=O) groups is 1. The lowest BCUT2D eigenvalue weighted by molar-refractivity contribution is -0.115. The second-order valence-electron chi connectivity index (χ2n) is 5.00. The average molecular weight is 301 g/mol. The Morgan fingerprint density at radius 2 is 1.73 bits per heavy atom. The fourth-order valence-electron chi connectivity index (χ4n) is 2.37. The van der Waals surface area contributed by atoms with Crippen molar-refractivity contribution in [3.63, 3.8) is 0 Å². The van der Waals surface area contributed by atoms with Crippen molar-refractivity contribution in [3.05, 3.63) is 61.9 Å². The number of carbonyl (C=O) groups excluding carboxylic acids is 1. The number of aromatic amines is 2. The van der Waals surface area contributed by atoms with Gasteiger partial charge in [-0.15, -0.1) is 0 Å². The minimum atomic E-state index is -0.612. The van der Waals surface area contributed by atoms with Gasteiger partial charge in [0.15, 0.2) is 0 Å². The molecular weight excluding hydrogens is 282 g/mol. The number of benzene rings is 1. The summed E-state index contributed by atoms with van der Waals surface area (Å²) in [5, 5.41) is 2.90. The molecule has 0 radical (unpaired) electrons. The molecule has 0 atom stereocenters. The van der Waals surface area contributed by atoms with Crippen LogP contribution in [-0.2, 0) is 24.1 Å². The second-order valence-corrected chi connectivity index (χ2v) is 5.00. The molecule has 1 amide bonds. The van der Waals surface area contributed by atoms with Crippen LogP contribution >= 0.6 is 0 Å². The van der Waals surface area contributed by atoms with Gasteiger partial charge in [-0.3, -0.25) is 14.6 Å². The van der Waals surface area contributed by atoms with E-state index < -0.39 is 11.2 Å². The van der Waals surface area contributed by atoms with Gasteiger partial charge in [-0.25, -0.2) is 4.79 Å². The predicted octanol–water partition coefficient (Wildman–Crippen LogP) is 1.37. The molecule has 1 heterocycles. The molecule has 0 fully saturated rings. The molecule has 3 N–H and O–H groups in total. The standard InChI is InChI=1S/C16H19N3O3/c1-3-10-6-5-7-11(4-2)15(10)18-13(20)8-12-9-14(21)19-16(22)17-12/h5-7,9H,3-4,8H2,1-2H3,(H,18,20)(H2,17,19,21,22). The van der Waals surface area contributed by atoms with E-state index in [0.717, 1.165) is 29.7 Å². The van der Waals surface area contributed by atoms with Crippen LogP contribution < -0.4 is 16.6 Å². The molecule has 6 nitrogen and oxygen atoms in total. The van der Waals surface area contributed by atoms with Crippen molar-refractivity contribution in [3.8, 4) is 0 Å². The molecule has 2 aromatic rings. The Balaban J connectivity index is 2.22. The van der Waals surface area contributed by atoms with Crippen molar-refractivity contribution in [2.24, 2.45) is 0 Å². The van der Waals surface area contributed by atoms with Crippen molar-refractivity contribution in [2.45, 2.75) is 33.1 Å². The number of aromatic nitrogens is 2. The van der Waals surface area contributed by atoms with E-state index in [-0.39, 0.29) is 12.3 Å². The first-order valence-electron chi connectivity index (χ1n) is 7.26. The highest BCUT2D eigenvalue weighted by atomic mass is 16.2. The van der Waals surface area contributed by atoms with Gasteiger partial charge in [-0.1, -0.05) is 32.0 Å². The van der Waals surface area contributed by atoms with E-state index in [1.807, 2.05) is 32.0 Å². The van der Waals surface area contributed by atoms with Crippen LogP contribution in [0.15, 0.2) is 33.9 Å². The quantitative estimate of drug-likeness (QED) is 0.778. The normalized spacial score (nSPS) is 10.5. The van der Waals surface area contributed by atoms with Gasteiger partial charge in [-0.05, 0) is 24.0 Å². The zero-order valence-electron chi connectivity index (χ0n) is 12.7. The van der Waals surface area contributed by atoms with Crippen molar-refractivity contribution in [1.82, 2.24) is 9.97 Å². The Hall–Kier alpha value is -2.63. The number of hydrogen-bond donors (Lipinski definition) is 3. The van der Waals surface area contributed by atoms with Crippen LogP contribution in [0.5, 0.6) is 0 Å². The van der Waals surface area contributed by atoms with Crippen LogP contribution in [0.4, 0.5) is 5.69 Å². The van der Waals surface area contributed by atoms with E-state index in [4.69, 9.17) is 0 Å². The van der Waals surface area contributed by atoms with Crippen molar-refractivity contribution in [1.29, 1.82) is 0 Å². The third-order valence-corrected chi connectivity index (χ3v) is 3.43. The van der Waals surface area contributed by atoms with Crippen molar-refractivity contribution in [2.75, 3.05) is 5.32 Å². The summed E-state index contributed by atoms with van der Waals surface area (Å²) in [4.78, 5) is 39.2. The van der Waals surface area contributed by atoms with E-state index in [2.05, 4.69) is 15.3 Å². The lowest BCUT2D eigenvalue weighted by atomic mass is 10.0. The fraction of sp³-hybridized carbons (Fsp3) is 0.312. The maximum atomic E-state index is 12.2. The maximum absolute atomic E-state index is 12.2. The topological polar surface area (TPSA) is 94.8 Å². The fourth-order valence-corrected chi connectivity index (χ4v) is 2.37. The smallest absolute Gasteiger partial charge is 0.325 e. The van der Waals surface area contributed by atoms with Crippen LogP contribution in [0.2, 0.25) is 0 Å². The van der Waals surface area contributed by atoms with Crippen LogP contribution in [-0.4, -0.2) is 15.9 Å². The maximum Gasteiger partial charge on any atom is 0.325 e. The molecular formula is C16H19N3O3. The molecule has 0 saturated heterocycles. The Bertz CT molecular complexity index is 739. The Labute approximate surface area is 127 Å². The molecule has 1 aromatic heterocycles. The first-order chi connectivity index (χ1) is 10.5. The minimum Gasteiger partial charge on any atom is -0.325 e. The van der Waals surface area contributed by atoms with Gasteiger partial charge in [0.25, 0.3) is 5.56 Å². The average Bonchev–Trinajstić information content (AvgIpc) is 2.46. The Morgan fingerprint density at radius 1 is 1.09 bits per heavy atom. The van der Waals surface area contributed by atoms with Gasteiger partial charge >= 0.3 is 5.69 Å². The summed E-state index contributed by atoms with van der Waals surface area (Å²) >= 11 is 0. The van der Waals surface area contributed by atoms with Crippen LogP contribution in [0.25, 0.3) is 0 Å². The molecule has 0 aliphatic heterocycles. The zero-order valence-corrected chi connectivity index (χ0v) is 12.7. The molecule has 6 heteroatoms. The molecule has 0 spiro atoms. The zero-order chi connectivity index (χ0) is 16.1. The highest BCUT2D eigenvalue weighted by Gasteiger charge is 2.11. The van der Waals surface area contributed by atoms with Gasteiger partial charge in [0.2, 0.25) is 5.91 Å². The number of rotatable bonds is 5. The largest absolute Gasteiger partial charge is 0.325 e.